The zero-order chi connectivity index (χ0) is 13.0. The second-order valence-corrected chi connectivity index (χ2v) is 3.51. The lowest BCUT2D eigenvalue weighted by Crippen LogP contribution is -2.25. The molecular formula is C11H13NO5. The van der Waals surface area contributed by atoms with Gasteiger partial charge in [0.25, 0.3) is 0 Å². The van der Waals surface area contributed by atoms with E-state index in [0.29, 0.717) is 0 Å². The van der Waals surface area contributed by atoms with Gasteiger partial charge in [-0.15, -0.1) is 0 Å². The number of methoxy groups -OCH3 is 1. The molecule has 0 bridgehead atoms. The number of carbonyl (C=O) groups is 1. The summed E-state index contributed by atoms with van der Waals surface area (Å²) in [5, 5.41) is 10.8. The van der Waals surface area contributed by atoms with E-state index in [1.807, 2.05) is 0 Å². The lowest BCUT2D eigenvalue weighted by atomic mass is 10.2. The number of benzene rings is 1. The molecule has 0 aliphatic carbocycles. The SMILES string of the molecule is COC(=O)[C@@H](C)Oc1cc(C)ccc1[N+](=O)[O-]. The maximum absolute atomic E-state index is 11.2. The first-order valence-electron chi connectivity index (χ1n) is 4.95. The molecule has 1 aromatic carbocycles. The number of nitrogens with zero attached hydrogens (tertiary/aromatic N) is 1. The van der Waals surface area contributed by atoms with Crippen LogP contribution in [0.25, 0.3) is 0 Å². The molecule has 92 valence electrons. The Bertz CT molecular complexity index is 443. The minimum atomic E-state index is -0.888. The minimum Gasteiger partial charge on any atom is -0.472 e. The Labute approximate surface area is 98.3 Å². The number of carbonyl (C=O) groups excluding carboxylic acids is 1. The first-order chi connectivity index (χ1) is 7.95. The van der Waals surface area contributed by atoms with Gasteiger partial charge in [0.15, 0.2) is 11.9 Å². The Morgan fingerprint density at radius 3 is 2.65 bits per heavy atom. The number of hydrogen-bond donors (Lipinski definition) is 0. The van der Waals surface area contributed by atoms with Crippen LogP contribution in [0.15, 0.2) is 18.2 Å². The summed E-state index contributed by atoms with van der Waals surface area (Å²) in [6.07, 6.45) is -0.888. The van der Waals surface area contributed by atoms with Crippen molar-refractivity contribution < 1.29 is 19.2 Å². The van der Waals surface area contributed by atoms with Crippen molar-refractivity contribution in [2.75, 3.05) is 7.11 Å². The van der Waals surface area contributed by atoms with Gasteiger partial charge in [-0.3, -0.25) is 10.1 Å². The highest BCUT2D eigenvalue weighted by Crippen LogP contribution is 2.28. The summed E-state index contributed by atoms with van der Waals surface area (Å²) in [4.78, 5) is 21.4. The van der Waals surface area contributed by atoms with Crippen molar-refractivity contribution in [1.29, 1.82) is 0 Å². The quantitative estimate of drug-likeness (QED) is 0.455. The highest BCUT2D eigenvalue weighted by Gasteiger charge is 2.21. The number of aryl methyl sites for hydroxylation is 1. The van der Waals surface area contributed by atoms with Crippen molar-refractivity contribution in [3.05, 3.63) is 33.9 Å². The number of ether oxygens (including phenoxy) is 2. The van der Waals surface area contributed by atoms with Crippen molar-refractivity contribution in [2.45, 2.75) is 20.0 Å². The minimum absolute atomic E-state index is 0.0629. The van der Waals surface area contributed by atoms with Crippen LogP contribution in [-0.2, 0) is 9.53 Å². The smallest absolute Gasteiger partial charge is 0.346 e. The largest absolute Gasteiger partial charge is 0.472 e. The van der Waals surface area contributed by atoms with Gasteiger partial charge < -0.3 is 9.47 Å². The molecule has 0 unspecified atom stereocenters. The van der Waals surface area contributed by atoms with Crippen LogP contribution in [0, 0.1) is 17.0 Å². The molecule has 0 heterocycles. The first-order valence-corrected chi connectivity index (χ1v) is 4.95. The molecular weight excluding hydrogens is 226 g/mol. The number of esters is 1. The van der Waals surface area contributed by atoms with E-state index in [4.69, 9.17) is 4.74 Å². The van der Waals surface area contributed by atoms with Gasteiger partial charge in [0.05, 0.1) is 12.0 Å². The molecule has 0 aromatic heterocycles. The molecule has 0 aliphatic rings. The van der Waals surface area contributed by atoms with Crippen molar-refractivity contribution in [3.8, 4) is 5.75 Å². The molecule has 6 nitrogen and oxygen atoms in total. The Morgan fingerprint density at radius 2 is 2.12 bits per heavy atom. The van der Waals surface area contributed by atoms with E-state index in [0.717, 1.165) is 5.56 Å². The van der Waals surface area contributed by atoms with Crippen LogP contribution in [-0.4, -0.2) is 24.1 Å². The van der Waals surface area contributed by atoms with Crippen LogP contribution < -0.4 is 4.74 Å². The Balaban J connectivity index is 3.00. The van der Waals surface area contributed by atoms with E-state index in [9.17, 15) is 14.9 Å². The first kappa shape index (κ1) is 13.0. The van der Waals surface area contributed by atoms with Crippen LogP contribution in [0.5, 0.6) is 5.75 Å². The molecule has 1 aromatic rings. The highest BCUT2D eigenvalue weighted by atomic mass is 16.6. The Kier molecular flexibility index (Phi) is 4.03. The zero-order valence-corrected chi connectivity index (χ0v) is 9.80. The molecule has 6 heteroatoms. The maximum Gasteiger partial charge on any atom is 0.346 e. The van der Waals surface area contributed by atoms with E-state index in [-0.39, 0.29) is 11.4 Å². The van der Waals surface area contributed by atoms with Gasteiger partial charge in [0.2, 0.25) is 0 Å². The second kappa shape index (κ2) is 5.29. The molecule has 0 radical (unpaired) electrons. The summed E-state index contributed by atoms with van der Waals surface area (Å²) in [6, 6.07) is 4.46. The third kappa shape index (κ3) is 3.17. The second-order valence-electron chi connectivity index (χ2n) is 3.51. The molecule has 0 fully saturated rings. The molecule has 1 rings (SSSR count). The van der Waals surface area contributed by atoms with Gasteiger partial charge in [0.1, 0.15) is 0 Å². The van der Waals surface area contributed by atoms with Crippen LogP contribution in [0.4, 0.5) is 5.69 Å². The third-order valence-electron chi connectivity index (χ3n) is 2.15. The normalized spacial score (nSPS) is 11.7. The van der Waals surface area contributed by atoms with Crippen molar-refractivity contribution in [3.63, 3.8) is 0 Å². The lowest BCUT2D eigenvalue weighted by Gasteiger charge is -2.12. The summed E-state index contributed by atoms with van der Waals surface area (Å²) in [5.41, 5.74) is 0.633. The van der Waals surface area contributed by atoms with E-state index in [1.165, 1.54) is 26.2 Å². The summed E-state index contributed by atoms with van der Waals surface area (Å²) in [6.45, 7) is 3.25. The van der Waals surface area contributed by atoms with Crippen LogP contribution in [0.1, 0.15) is 12.5 Å². The zero-order valence-electron chi connectivity index (χ0n) is 9.80. The molecule has 17 heavy (non-hydrogen) atoms. The fourth-order valence-electron chi connectivity index (χ4n) is 1.27. The van der Waals surface area contributed by atoms with Crippen LogP contribution in [0.3, 0.4) is 0 Å². The van der Waals surface area contributed by atoms with Crippen LogP contribution in [0.2, 0.25) is 0 Å². The number of rotatable bonds is 4. The topological polar surface area (TPSA) is 78.7 Å². The van der Waals surface area contributed by atoms with Gasteiger partial charge in [0, 0.05) is 6.07 Å². The molecule has 0 saturated carbocycles. The van der Waals surface area contributed by atoms with E-state index < -0.39 is 17.0 Å². The fourth-order valence-corrected chi connectivity index (χ4v) is 1.27. The van der Waals surface area contributed by atoms with Gasteiger partial charge in [-0.05, 0) is 25.5 Å². The Hall–Kier alpha value is -2.11. The van der Waals surface area contributed by atoms with Crippen molar-refractivity contribution in [2.24, 2.45) is 0 Å². The number of nitro benzene ring substituents is 1. The van der Waals surface area contributed by atoms with Gasteiger partial charge in [-0.25, -0.2) is 4.79 Å². The predicted octanol–water partition coefficient (Wildman–Crippen LogP) is 1.84. The summed E-state index contributed by atoms with van der Waals surface area (Å²) in [5.74, 6) is -0.520. The Morgan fingerprint density at radius 1 is 1.47 bits per heavy atom. The fraction of sp³-hybridized carbons (Fsp3) is 0.364. The standard InChI is InChI=1S/C11H13NO5/c1-7-4-5-9(12(14)15)10(6-7)17-8(2)11(13)16-3/h4-6,8H,1-3H3/t8-/m1/s1. The highest BCUT2D eigenvalue weighted by molar-refractivity contribution is 5.74. The van der Waals surface area contributed by atoms with Gasteiger partial charge in [-0.2, -0.15) is 0 Å². The summed E-state index contributed by atoms with van der Waals surface area (Å²) >= 11 is 0. The molecule has 0 spiro atoms. The number of hydrogen-bond acceptors (Lipinski definition) is 5. The van der Waals surface area contributed by atoms with Crippen molar-refractivity contribution in [1.82, 2.24) is 0 Å². The monoisotopic (exact) mass is 239 g/mol. The van der Waals surface area contributed by atoms with Gasteiger partial charge in [-0.1, -0.05) is 6.07 Å². The maximum atomic E-state index is 11.2. The molecule has 0 aliphatic heterocycles. The predicted molar refractivity (Wildman–Crippen MR) is 59.9 cm³/mol. The average molecular weight is 239 g/mol. The van der Waals surface area contributed by atoms with Crippen molar-refractivity contribution >= 4 is 11.7 Å². The van der Waals surface area contributed by atoms with Crippen LogP contribution >= 0.6 is 0 Å². The average Bonchev–Trinajstić information content (AvgIpc) is 2.27. The molecule has 0 N–H and O–H groups in total. The lowest BCUT2D eigenvalue weighted by molar-refractivity contribution is -0.386. The number of nitro groups is 1. The third-order valence-corrected chi connectivity index (χ3v) is 2.15. The summed E-state index contributed by atoms with van der Waals surface area (Å²) in [7, 11) is 1.23. The van der Waals surface area contributed by atoms with E-state index >= 15 is 0 Å². The van der Waals surface area contributed by atoms with E-state index in [1.54, 1.807) is 13.0 Å². The molecule has 0 amide bonds. The molecule has 1 atom stereocenters. The van der Waals surface area contributed by atoms with E-state index in [2.05, 4.69) is 4.74 Å². The van der Waals surface area contributed by atoms with Gasteiger partial charge >= 0.3 is 11.7 Å². The summed E-state index contributed by atoms with van der Waals surface area (Å²) < 4.78 is 9.71. The molecule has 0 saturated heterocycles.